The predicted molar refractivity (Wildman–Crippen MR) is 96.2 cm³/mol. The van der Waals surface area contributed by atoms with Crippen LogP contribution in [-0.2, 0) is 11.2 Å². The molecule has 0 spiro atoms. The summed E-state index contributed by atoms with van der Waals surface area (Å²) in [7, 11) is 0. The lowest BCUT2D eigenvalue weighted by molar-refractivity contribution is -0.132. The Morgan fingerprint density at radius 1 is 0.960 bits per heavy atom. The SMILES string of the molecule is Cc1ccccc1CCC(=O)N1CCN(C(=O)c2ccccn2)CC1. The van der Waals surface area contributed by atoms with Crippen molar-refractivity contribution >= 4 is 11.8 Å². The van der Waals surface area contributed by atoms with Crippen LogP contribution in [0.3, 0.4) is 0 Å². The topological polar surface area (TPSA) is 53.5 Å². The van der Waals surface area contributed by atoms with Gasteiger partial charge in [-0.3, -0.25) is 14.6 Å². The molecule has 2 amide bonds. The molecular formula is C20H23N3O2. The maximum Gasteiger partial charge on any atom is 0.272 e. The zero-order chi connectivity index (χ0) is 17.6. The molecule has 1 fully saturated rings. The first-order chi connectivity index (χ1) is 12.1. The van der Waals surface area contributed by atoms with E-state index in [-0.39, 0.29) is 11.8 Å². The highest BCUT2D eigenvalue weighted by atomic mass is 16.2. The first-order valence-corrected chi connectivity index (χ1v) is 8.68. The molecule has 25 heavy (non-hydrogen) atoms. The fraction of sp³-hybridized carbons (Fsp3) is 0.350. The minimum Gasteiger partial charge on any atom is -0.339 e. The summed E-state index contributed by atoms with van der Waals surface area (Å²) in [6, 6.07) is 13.5. The van der Waals surface area contributed by atoms with Gasteiger partial charge in [0.1, 0.15) is 5.69 Å². The molecule has 0 aliphatic carbocycles. The zero-order valence-electron chi connectivity index (χ0n) is 14.5. The van der Waals surface area contributed by atoms with E-state index in [0.717, 1.165) is 6.42 Å². The van der Waals surface area contributed by atoms with Gasteiger partial charge in [-0.2, -0.15) is 0 Å². The van der Waals surface area contributed by atoms with E-state index in [0.29, 0.717) is 38.3 Å². The van der Waals surface area contributed by atoms with Crippen molar-refractivity contribution in [3.8, 4) is 0 Å². The van der Waals surface area contributed by atoms with Gasteiger partial charge in [-0.15, -0.1) is 0 Å². The lowest BCUT2D eigenvalue weighted by Crippen LogP contribution is -2.50. The van der Waals surface area contributed by atoms with Crippen LogP contribution >= 0.6 is 0 Å². The van der Waals surface area contributed by atoms with Gasteiger partial charge in [0.25, 0.3) is 5.91 Å². The van der Waals surface area contributed by atoms with Crippen LogP contribution < -0.4 is 0 Å². The Morgan fingerprint density at radius 3 is 2.32 bits per heavy atom. The quantitative estimate of drug-likeness (QED) is 0.860. The van der Waals surface area contributed by atoms with Crippen molar-refractivity contribution in [2.75, 3.05) is 26.2 Å². The monoisotopic (exact) mass is 337 g/mol. The number of nitrogens with zero attached hydrogens (tertiary/aromatic N) is 3. The summed E-state index contributed by atoms with van der Waals surface area (Å²) in [5.74, 6) is 0.0980. The average molecular weight is 337 g/mol. The molecule has 0 radical (unpaired) electrons. The summed E-state index contributed by atoms with van der Waals surface area (Å²) in [6.07, 6.45) is 2.90. The summed E-state index contributed by atoms with van der Waals surface area (Å²) >= 11 is 0. The number of benzene rings is 1. The Bertz CT molecular complexity index is 738. The second-order valence-corrected chi connectivity index (χ2v) is 6.31. The highest BCUT2D eigenvalue weighted by molar-refractivity contribution is 5.92. The molecule has 3 rings (SSSR count). The molecule has 0 bridgehead atoms. The number of carbonyl (C=O) groups excluding carboxylic acids is 2. The number of aryl methyl sites for hydroxylation is 2. The number of pyridine rings is 1. The maximum atomic E-state index is 12.4. The second-order valence-electron chi connectivity index (χ2n) is 6.31. The molecule has 5 nitrogen and oxygen atoms in total. The fourth-order valence-corrected chi connectivity index (χ4v) is 3.10. The number of carbonyl (C=O) groups is 2. The molecule has 0 saturated carbocycles. The summed E-state index contributed by atoms with van der Waals surface area (Å²) in [4.78, 5) is 32.6. The maximum absolute atomic E-state index is 12.4. The summed E-state index contributed by atoms with van der Waals surface area (Å²) < 4.78 is 0. The lowest BCUT2D eigenvalue weighted by atomic mass is 10.0. The van der Waals surface area contributed by atoms with Crippen molar-refractivity contribution < 1.29 is 9.59 Å². The van der Waals surface area contributed by atoms with Crippen LogP contribution in [0.4, 0.5) is 0 Å². The van der Waals surface area contributed by atoms with Gasteiger partial charge in [0.05, 0.1) is 0 Å². The van der Waals surface area contributed by atoms with Crippen LogP contribution in [0.15, 0.2) is 48.7 Å². The van der Waals surface area contributed by atoms with Crippen molar-refractivity contribution in [1.82, 2.24) is 14.8 Å². The average Bonchev–Trinajstić information content (AvgIpc) is 2.67. The molecule has 130 valence electrons. The standard InChI is InChI=1S/C20H23N3O2/c1-16-6-2-3-7-17(16)9-10-19(24)22-12-14-23(15-13-22)20(25)18-8-4-5-11-21-18/h2-8,11H,9-10,12-15H2,1H3. The van der Waals surface area contributed by atoms with Crippen LogP contribution in [-0.4, -0.2) is 52.8 Å². The molecule has 2 aromatic rings. The van der Waals surface area contributed by atoms with Gasteiger partial charge in [0.2, 0.25) is 5.91 Å². The molecule has 1 aromatic carbocycles. The molecular weight excluding hydrogens is 314 g/mol. The number of aromatic nitrogens is 1. The van der Waals surface area contributed by atoms with Gasteiger partial charge in [-0.05, 0) is 36.6 Å². The van der Waals surface area contributed by atoms with Crippen LogP contribution in [0, 0.1) is 6.92 Å². The van der Waals surface area contributed by atoms with Crippen molar-refractivity contribution in [3.63, 3.8) is 0 Å². The summed E-state index contributed by atoms with van der Waals surface area (Å²) in [6.45, 7) is 4.37. The minimum atomic E-state index is -0.0624. The van der Waals surface area contributed by atoms with E-state index in [1.165, 1.54) is 11.1 Å². The Hall–Kier alpha value is -2.69. The van der Waals surface area contributed by atoms with Gasteiger partial charge in [-0.1, -0.05) is 30.3 Å². The smallest absolute Gasteiger partial charge is 0.272 e. The number of rotatable bonds is 4. The van der Waals surface area contributed by atoms with E-state index in [4.69, 9.17) is 0 Å². The van der Waals surface area contributed by atoms with E-state index in [1.807, 2.05) is 23.1 Å². The molecule has 1 saturated heterocycles. The lowest BCUT2D eigenvalue weighted by Gasteiger charge is -2.34. The van der Waals surface area contributed by atoms with Crippen molar-refractivity contribution in [2.24, 2.45) is 0 Å². The fourth-order valence-electron chi connectivity index (χ4n) is 3.10. The van der Waals surface area contributed by atoms with Crippen LogP contribution in [0.5, 0.6) is 0 Å². The highest BCUT2D eigenvalue weighted by Crippen LogP contribution is 2.12. The molecule has 1 aliphatic heterocycles. The summed E-state index contributed by atoms with van der Waals surface area (Å²) in [5.41, 5.74) is 2.91. The Kier molecular flexibility index (Phi) is 5.43. The largest absolute Gasteiger partial charge is 0.339 e. The minimum absolute atomic E-state index is 0.0624. The van der Waals surface area contributed by atoms with Gasteiger partial charge in [0, 0.05) is 38.8 Å². The van der Waals surface area contributed by atoms with Crippen molar-refractivity contribution in [1.29, 1.82) is 0 Å². The van der Waals surface area contributed by atoms with Crippen molar-refractivity contribution in [2.45, 2.75) is 19.8 Å². The third kappa shape index (κ3) is 4.24. The van der Waals surface area contributed by atoms with Crippen LogP contribution in [0.25, 0.3) is 0 Å². The molecule has 5 heteroatoms. The van der Waals surface area contributed by atoms with E-state index >= 15 is 0 Å². The molecule has 0 N–H and O–H groups in total. The van der Waals surface area contributed by atoms with E-state index in [1.54, 1.807) is 23.2 Å². The van der Waals surface area contributed by atoms with Crippen molar-refractivity contribution in [3.05, 3.63) is 65.5 Å². The first-order valence-electron chi connectivity index (χ1n) is 8.68. The highest BCUT2D eigenvalue weighted by Gasteiger charge is 2.25. The number of hydrogen-bond donors (Lipinski definition) is 0. The number of piperazine rings is 1. The normalized spacial score (nSPS) is 14.4. The number of hydrogen-bond acceptors (Lipinski definition) is 3. The Balaban J connectivity index is 1.49. The van der Waals surface area contributed by atoms with Crippen LogP contribution in [0.1, 0.15) is 28.0 Å². The van der Waals surface area contributed by atoms with Gasteiger partial charge in [-0.25, -0.2) is 0 Å². The van der Waals surface area contributed by atoms with Gasteiger partial charge < -0.3 is 9.80 Å². The zero-order valence-corrected chi connectivity index (χ0v) is 14.5. The van der Waals surface area contributed by atoms with E-state index < -0.39 is 0 Å². The Labute approximate surface area is 148 Å². The predicted octanol–water partition coefficient (Wildman–Crippen LogP) is 2.31. The third-order valence-electron chi connectivity index (χ3n) is 4.67. The molecule has 1 aliphatic rings. The second kappa shape index (κ2) is 7.92. The molecule has 1 aromatic heterocycles. The molecule has 0 unspecified atom stereocenters. The third-order valence-corrected chi connectivity index (χ3v) is 4.67. The van der Waals surface area contributed by atoms with Gasteiger partial charge >= 0.3 is 0 Å². The molecule has 0 atom stereocenters. The van der Waals surface area contributed by atoms with E-state index in [2.05, 4.69) is 24.0 Å². The van der Waals surface area contributed by atoms with Crippen LogP contribution in [0.2, 0.25) is 0 Å². The Morgan fingerprint density at radius 2 is 1.64 bits per heavy atom. The summed E-state index contributed by atoms with van der Waals surface area (Å²) in [5, 5.41) is 0. The number of amides is 2. The molecule has 2 heterocycles. The first kappa shape index (κ1) is 17.1. The van der Waals surface area contributed by atoms with E-state index in [9.17, 15) is 9.59 Å². The van der Waals surface area contributed by atoms with Gasteiger partial charge in [0.15, 0.2) is 0 Å².